The van der Waals surface area contributed by atoms with Crippen LogP contribution in [0.5, 0.6) is 0 Å². The smallest absolute Gasteiger partial charge is 0.303 e. The zero-order valence-electron chi connectivity index (χ0n) is 11.7. The minimum atomic E-state index is -0.789. The van der Waals surface area contributed by atoms with Crippen molar-refractivity contribution in [3.05, 3.63) is 35.9 Å². The van der Waals surface area contributed by atoms with Gasteiger partial charge in [-0.25, -0.2) is 0 Å². The summed E-state index contributed by atoms with van der Waals surface area (Å²) in [7, 11) is 0. The fourth-order valence-electron chi connectivity index (χ4n) is 1.63. The Morgan fingerprint density at radius 2 is 1.95 bits per heavy atom. The first-order valence-corrected chi connectivity index (χ1v) is 7.79. The van der Waals surface area contributed by atoms with Gasteiger partial charge >= 0.3 is 5.97 Å². The molecule has 0 heterocycles. The van der Waals surface area contributed by atoms with E-state index in [0.717, 1.165) is 5.75 Å². The van der Waals surface area contributed by atoms with Crippen LogP contribution in [-0.2, 0) is 15.3 Å². The average molecular weight is 295 g/mol. The van der Waals surface area contributed by atoms with Crippen LogP contribution in [0, 0.1) is 0 Å². The van der Waals surface area contributed by atoms with Crippen LogP contribution in [0.25, 0.3) is 0 Å². The van der Waals surface area contributed by atoms with E-state index in [4.69, 9.17) is 5.11 Å². The van der Waals surface area contributed by atoms with Crippen LogP contribution in [0.2, 0.25) is 0 Å². The Kier molecular flexibility index (Phi) is 7.80. The van der Waals surface area contributed by atoms with E-state index in [1.54, 1.807) is 11.8 Å². The predicted octanol–water partition coefficient (Wildman–Crippen LogP) is 2.68. The number of carbonyl (C=O) groups excluding carboxylic acids is 1. The van der Waals surface area contributed by atoms with Crippen molar-refractivity contribution < 1.29 is 14.7 Å². The maximum absolute atomic E-state index is 11.8. The highest BCUT2D eigenvalue weighted by Gasteiger charge is 2.12. The quantitative estimate of drug-likeness (QED) is 0.687. The molecule has 1 unspecified atom stereocenters. The summed E-state index contributed by atoms with van der Waals surface area (Å²) in [5.41, 5.74) is 1.21. The molecule has 2 N–H and O–H groups in total. The molecule has 5 heteroatoms. The molecule has 0 aliphatic carbocycles. The van der Waals surface area contributed by atoms with E-state index in [1.165, 1.54) is 5.56 Å². The highest BCUT2D eigenvalue weighted by Crippen LogP contribution is 2.17. The van der Waals surface area contributed by atoms with E-state index < -0.39 is 5.97 Å². The lowest BCUT2D eigenvalue weighted by Crippen LogP contribution is -2.31. The topological polar surface area (TPSA) is 66.4 Å². The van der Waals surface area contributed by atoms with Crippen LogP contribution >= 0.6 is 11.8 Å². The molecule has 0 bridgehead atoms. The highest BCUT2D eigenvalue weighted by atomic mass is 32.2. The Morgan fingerprint density at radius 1 is 1.25 bits per heavy atom. The first kappa shape index (κ1) is 16.6. The summed E-state index contributed by atoms with van der Waals surface area (Å²) in [5.74, 6) is 0.0402. The largest absolute Gasteiger partial charge is 0.481 e. The lowest BCUT2D eigenvalue weighted by molar-refractivity contribution is -0.137. The van der Waals surface area contributed by atoms with Gasteiger partial charge in [0.05, 0.1) is 5.25 Å². The molecule has 110 valence electrons. The maximum Gasteiger partial charge on any atom is 0.303 e. The molecule has 1 aromatic carbocycles. The molecule has 0 saturated heterocycles. The van der Waals surface area contributed by atoms with Crippen LogP contribution in [0.1, 0.15) is 31.7 Å². The van der Waals surface area contributed by atoms with E-state index in [9.17, 15) is 9.59 Å². The van der Waals surface area contributed by atoms with Gasteiger partial charge in [-0.1, -0.05) is 30.3 Å². The first-order valence-electron chi connectivity index (χ1n) is 6.74. The summed E-state index contributed by atoms with van der Waals surface area (Å²) in [4.78, 5) is 22.1. The van der Waals surface area contributed by atoms with Gasteiger partial charge in [0.15, 0.2) is 0 Å². The summed E-state index contributed by atoms with van der Waals surface area (Å²) in [6.07, 6.45) is 1.46. The van der Waals surface area contributed by atoms with Gasteiger partial charge in [-0.15, -0.1) is 11.8 Å². The zero-order chi connectivity index (χ0) is 14.8. The third kappa shape index (κ3) is 7.19. The molecule has 1 rings (SSSR count). The Hall–Kier alpha value is -1.49. The number of thioether (sulfide) groups is 1. The number of benzene rings is 1. The van der Waals surface area contributed by atoms with E-state index in [-0.39, 0.29) is 17.6 Å². The second-order valence-corrected chi connectivity index (χ2v) is 5.91. The number of hydrogen-bond acceptors (Lipinski definition) is 3. The number of aliphatic carboxylic acids is 1. The molecule has 1 atom stereocenters. The monoisotopic (exact) mass is 295 g/mol. The van der Waals surface area contributed by atoms with Crippen LogP contribution in [0.4, 0.5) is 0 Å². The Balaban J connectivity index is 2.14. The van der Waals surface area contributed by atoms with E-state index in [1.807, 2.05) is 37.3 Å². The number of rotatable bonds is 9. The Labute approximate surface area is 124 Å². The van der Waals surface area contributed by atoms with Crippen molar-refractivity contribution in [3.63, 3.8) is 0 Å². The lowest BCUT2D eigenvalue weighted by Gasteiger charge is -2.11. The summed E-state index contributed by atoms with van der Waals surface area (Å²) in [5, 5.41) is 11.2. The second-order valence-electron chi connectivity index (χ2n) is 4.58. The molecule has 0 radical (unpaired) electrons. The van der Waals surface area contributed by atoms with Gasteiger partial charge in [0, 0.05) is 18.7 Å². The van der Waals surface area contributed by atoms with Crippen molar-refractivity contribution in [2.24, 2.45) is 0 Å². The molecule has 0 fully saturated rings. The normalized spacial score (nSPS) is 11.8. The van der Waals surface area contributed by atoms with Gasteiger partial charge in [0.25, 0.3) is 0 Å². The molecule has 0 aromatic heterocycles. The minimum Gasteiger partial charge on any atom is -0.481 e. The van der Waals surface area contributed by atoms with E-state index in [0.29, 0.717) is 19.4 Å². The predicted molar refractivity (Wildman–Crippen MR) is 81.7 cm³/mol. The molecule has 0 aliphatic rings. The molecule has 0 saturated carbocycles. The number of nitrogens with one attached hydrogen (secondary N) is 1. The molecule has 1 aromatic rings. The molecular formula is C15H21NO3S. The molecular weight excluding hydrogens is 274 g/mol. The van der Waals surface area contributed by atoms with Crippen molar-refractivity contribution in [1.29, 1.82) is 0 Å². The van der Waals surface area contributed by atoms with Crippen molar-refractivity contribution in [1.82, 2.24) is 5.32 Å². The lowest BCUT2D eigenvalue weighted by atomic mass is 10.2. The molecule has 0 aliphatic heterocycles. The van der Waals surface area contributed by atoms with Gasteiger partial charge in [0.2, 0.25) is 5.91 Å². The SMILES string of the molecule is CC(SCc1ccccc1)C(=O)NCCCCC(=O)O. The first-order chi connectivity index (χ1) is 9.59. The van der Waals surface area contributed by atoms with Crippen LogP contribution in [0.3, 0.4) is 0 Å². The van der Waals surface area contributed by atoms with Crippen LogP contribution in [0.15, 0.2) is 30.3 Å². The summed E-state index contributed by atoms with van der Waals surface area (Å²) < 4.78 is 0. The number of carboxylic acids is 1. The molecule has 1 amide bonds. The van der Waals surface area contributed by atoms with Gasteiger partial charge in [-0.2, -0.15) is 0 Å². The molecule has 20 heavy (non-hydrogen) atoms. The number of unbranched alkanes of at least 4 members (excludes halogenated alkanes) is 1. The zero-order valence-corrected chi connectivity index (χ0v) is 12.5. The van der Waals surface area contributed by atoms with Crippen molar-refractivity contribution in [3.8, 4) is 0 Å². The Morgan fingerprint density at radius 3 is 2.60 bits per heavy atom. The van der Waals surface area contributed by atoms with Crippen molar-refractivity contribution in [2.45, 2.75) is 37.2 Å². The van der Waals surface area contributed by atoms with Gasteiger partial charge in [0.1, 0.15) is 0 Å². The standard InChI is InChI=1S/C15H21NO3S/c1-12(20-11-13-7-3-2-4-8-13)15(19)16-10-6-5-9-14(17)18/h2-4,7-8,12H,5-6,9-11H2,1H3,(H,16,19)(H,17,18). The molecule has 0 spiro atoms. The van der Waals surface area contributed by atoms with Gasteiger partial charge in [-0.3, -0.25) is 9.59 Å². The van der Waals surface area contributed by atoms with E-state index in [2.05, 4.69) is 5.32 Å². The maximum atomic E-state index is 11.8. The van der Waals surface area contributed by atoms with Crippen molar-refractivity contribution in [2.75, 3.05) is 6.54 Å². The number of carbonyl (C=O) groups is 2. The number of hydrogen-bond donors (Lipinski definition) is 2. The number of carboxylic acid groups (broad SMARTS) is 1. The fourth-order valence-corrected chi connectivity index (χ4v) is 2.50. The van der Waals surface area contributed by atoms with E-state index >= 15 is 0 Å². The summed E-state index contributed by atoms with van der Waals surface area (Å²) in [6.45, 7) is 2.43. The Bertz CT molecular complexity index is 422. The second kappa shape index (κ2) is 9.42. The van der Waals surface area contributed by atoms with Crippen LogP contribution < -0.4 is 5.32 Å². The third-order valence-corrected chi connectivity index (χ3v) is 4.04. The van der Waals surface area contributed by atoms with Crippen LogP contribution in [-0.4, -0.2) is 28.8 Å². The molecule has 4 nitrogen and oxygen atoms in total. The summed E-state index contributed by atoms with van der Waals surface area (Å²) >= 11 is 1.60. The average Bonchev–Trinajstić information content (AvgIpc) is 2.45. The minimum absolute atomic E-state index is 0.0151. The third-order valence-electron chi connectivity index (χ3n) is 2.83. The highest BCUT2D eigenvalue weighted by molar-refractivity contribution is 7.99. The number of amides is 1. The van der Waals surface area contributed by atoms with Gasteiger partial charge < -0.3 is 10.4 Å². The van der Waals surface area contributed by atoms with Gasteiger partial charge in [-0.05, 0) is 25.3 Å². The van der Waals surface area contributed by atoms with Crippen molar-refractivity contribution >= 4 is 23.6 Å². The summed E-state index contributed by atoms with van der Waals surface area (Å²) in [6, 6.07) is 10.0. The fraction of sp³-hybridized carbons (Fsp3) is 0.467.